The number of carbonyl (C=O) groups is 2. The van der Waals surface area contributed by atoms with E-state index in [0.717, 1.165) is 5.56 Å². The van der Waals surface area contributed by atoms with Crippen molar-refractivity contribution in [2.45, 2.75) is 18.3 Å². The second kappa shape index (κ2) is 8.33. The van der Waals surface area contributed by atoms with Gasteiger partial charge < -0.3 is 9.64 Å². The molecule has 136 valence electrons. The van der Waals surface area contributed by atoms with Gasteiger partial charge >= 0.3 is 5.97 Å². The monoisotopic (exact) mass is 409 g/mol. The van der Waals surface area contributed by atoms with Crippen LogP contribution in [0, 0.1) is 0 Å². The third-order valence-corrected chi connectivity index (χ3v) is 5.92. The number of carbonyl (C=O) groups excluding carboxylic acids is 2. The number of nitrogens with zero attached hydrogens (tertiary/aromatic N) is 1. The number of ether oxygens (including phenoxy) is 1. The van der Waals surface area contributed by atoms with Crippen LogP contribution >= 0.6 is 35.0 Å². The summed E-state index contributed by atoms with van der Waals surface area (Å²) in [6.07, 6.45) is 0. The fraction of sp³-hybridized carbons (Fsp3) is 0.263. The largest absolute Gasteiger partial charge is 0.464 e. The van der Waals surface area contributed by atoms with Crippen LogP contribution in [-0.2, 0) is 9.53 Å². The third kappa shape index (κ3) is 3.85. The van der Waals surface area contributed by atoms with E-state index in [1.165, 1.54) is 11.8 Å². The lowest BCUT2D eigenvalue weighted by Gasteiger charge is -2.29. The molecule has 1 aliphatic heterocycles. The highest BCUT2D eigenvalue weighted by molar-refractivity contribution is 7.99. The van der Waals surface area contributed by atoms with E-state index in [1.807, 2.05) is 12.1 Å². The summed E-state index contributed by atoms with van der Waals surface area (Å²) in [4.78, 5) is 27.2. The van der Waals surface area contributed by atoms with Crippen LogP contribution in [0.15, 0.2) is 48.5 Å². The summed E-state index contributed by atoms with van der Waals surface area (Å²) in [6, 6.07) is 13.4. The van der Waals surface area contributed by atoms with Crippen molar-refractivity contribution in [3.05, 3.63) is 69.7 Å². The fourth-order valence-electron chi connectivity index (χ4n) is 2.87. The van der Waals surface area contributed by atoms with Crippen LogP contribution in [0.1, 0.15) is 28.2 Å². The average molecular weight is 410 g/mol. The molecule has 1 saturated heterocycles. The van der Waals surface area contributed by atoms with Gasteiger partial charge in [0.05, 0.1) is 17.2 Å². The first-order chi connectivity index (χ1) is 12.5. The van der Waals surface area contributed by atoms with E-state index in [-0.39, 0.29) is 17.9 Å². The van der Waals surface area contributed by atoms with Crippen LogP contribution in [0.3, 0.4) is 0 Å². The summed E-state index contributed by atoms with van der Waals surface area (Å²) in [5.41, 5.74) is 1.22. The van der Waals surface area contributed by atoms with Crippen LogP contribution < -0.4 is 0 Å². The van der Waals surface area contributed by atoms with Gasteiger partial charge in [-0.1, -0.05) is 47.5 Å². The number of benzene rings is 2. The molecule has 0 aromatic heterocycles. The van der Waals surface area contributed by atoms with E-state index < -0.39 is 12.0 Å². The number of amides is 1. The summed E-state index contributed by atoms with van der Waals surface area (Å²) in [5, 5.41) is 0.585. The number of esters is 1. The van der Waals surface area contributed by atoms with Gasteiger partial charge in [0.25, 0.3) is 5.91 Å². The summed E-state index contributed by atoms with van der Waals surface area (Å²) >= 11 is 13.8. The van der Waals surface area contributed by atoms with Crippen molar-refractivity contribution < 1.29 is 14.3 Å². The molecular weight excluding hydrogens is 393 g/mol. The van der Waals surface area contributed by atoms with Crippen LogP contribution in [-0.4, -0.2) is 35.2 Å². The zero-order chi connectivity index (χ0) is 18.7. The van der Waals surface area contributed by atoms with Gasteiger partial charge in [0, 0.05) is 10.8 Å². The van der Waals surface area contributed by atoms with Gasteiger partial charge in [-0.2, -0.15) is 0 Å². The molecule has 2 aromatic rings. The van der Waals surface area contributed by atoms with Crippen molar-refractivity contribution in [1.29, 1.82) is 0 Å². The van der Waals surface area contributed by atoms with Crippen molar-refractivity contribution in [1.82, 2.24) is 4.90 Å². The second-order valence-corrected chi connectivity index (χ2v) is 7.66. The maximum absolute atomic E-state index is 13.2. The Morgan fingerprint density at radius 1 is 1.19 bits per heavy atom. The highest BCUT2D eigenvalue weighted by Gasteiger charge is 2.43. The van der Waals surface area contributed by atoms with E-state index in [1.54, 1.807) is 48.2 Å². The molecule has 1 amide bonds. The van der Waals surface area contributed by atoms with Crippen molar-refractivity contribution >= 4 is 46.8 Å². The highest BCUT2D eigenvalue weighted by atomic mass is 35.5. The highest BCUT2D eigenvalue weighted by Crippen LogP contribution is 2.43. The van der Waals surface area contributed by atoms with Crippen molar-refractivity contribution in [2.24, 2.45) is 0 Å². The van der Waals surface area contributed by atoms with Crippen molar-refractivity contribution in [3.8, 4) is 0 Å². The molecule has 0 saturated carbocycles. The lowest BCUT2D eigenvalue weighted by Crippen LogP contribution is -2.44. The maximum Gasteiger partial charge on any atom is 0.329 e. The molecule has 4 nitrogen and oxygen atoms in total. The van der Waals surface area contributed by atoms with Crippen molar-refractivity contribution in [2.75, 3.05) is 12.4 Å². The number of halogens is 2. The molecule has 26 heavy (non-hydrogen) atoms. The Morgan fingerprint density at radius 3 is 2.65 bits per heavy atom. The normalized spacial score (nSPS) is 19.4. The standard InChI is InChI=1S/C19H17Cl2NO3S/c1-2-25-19(24)16-11-26-18(12-6-5-7-13(20)10-12)22(16)17(23)14-8-3-4-9-15(14)21/h3-10,16,18H,2,11H2,1H3. The summed E-state index contributed by atoms with van der Waals surface area (Å²) in [7, 11) is 0. The Hall–Kier alpha value is -1.69. The SMILES string of the molecule is CCOC(=O)C1CSC(c2cccc(Cl)c2)N1C(=O)c1ccccc1Cl. The minimum absolute atomic E-state index is 0.260. The lowest BCUT2D eigenvalue weighted by atomic mass is 10.1. The first-order valence-corrected chi connectivity index (χ1v) is 9.94. The molecule has 0 radical (unpaired) electrons. The lowest BCUT2D eigenvalue weighted by molar-refractivity contribution is -0.147. The molecule has 2 unspecified atom stereocenters. The molecule has 2 atom stereocenters. The molecule has 7 heteroatoms. The Balaban J connectivity index is 2.01. The zero-order valence-electron chi connectivity index (χ0n) is 14.0. The Kier molecular flexibility index (Phi) is 6.12. The minimum Gasteiger partial charge on any atom is -0.464 e. The van der Waals surface area contributed by atoms with E-state index in [0.29, 0.717) is 21.4 Å². The molecule has 1 fully saturated rings. The third-order valence-electron chi connectivity index (χ3n) is 4.03. The molecule has 0 aliphatic carbocycles. The number of hydrogen-bond donors (Lipinski definition) is 0. The van der Waals surface area contributed by atoms with Gasteiger partial charge in [0.1, 0.15) is 11.4 Å². The van der Waals surface area contributed by atoms with Crippen LogP contribution in [0.5, 0.6) is 0 Å². The first-order valence-electron chi connectivity index (χ1n) is 8.13. The van der Waals surface area contributed by atoms with Gasteiger partial charge in [-0.05, 0) is 36.8 Å². The van der Waals surface area contributed by atoms with Gasteiger partial charge in [-0.25, -0.2) is 4.79 Å². The molecule has 1 aliphatic rings. The van der Waals surface area contributed by atoms with Crippen LogP contribution in [0.25, 0.3) is 0 Å². The van der Waals surface area contributed by atoms with Crippen LogP contribution in [0.2, 0.25) is 10.0 Å². The zero-order valence-corrected chi connectivity index (χ0v) is 16.4. The molecule has 1 heterocycles. The van der Waals surface area contributed by atoms with Gasteiger partial charge in [0.2, 0.25) is 0 Å². The Labute approximate surface area is 166 Å². The predicted molar refractivity (Wildman–Crippen MR) is 105 cm³/mol. The fourth-order valence-corrected chi connectivity index (χ4v) is 4.68. The molecule has 0 N–H and O–H groups in total. The topological polar surface area (TPSA) is 46.6 Å². The van der Waals surface area contributed by atoms with Gasteiger partial charge in [0.15, 0.2) is 0 Å². The quantitative estimate of drug-likeness (QED) is 0.679. The predicted octanol–water partition coefficient (Wildman–Crippen LogP) is 4.81. The smallest absolute Gasteiger partial charge is 0.329 e. The minimum atomic E-state index is -0.673. The molecular formula is C19H17Cl2NO3S. The van der Waals surface area contributed by atoms with E-state index in [4.69, 9.17) is 27.9 Å². The summed E-state index contributed by atoms with van der Waals surface area (Å²) < 4.78 is 5.18. The number of hydrogen-bond acceptors (Lipinski definition) is 4. The molecule has 0 spiro atoms. The molecule has 0 bridgehead atoms. The Morgan fingerprint density at radius 2 is 1.96 bits per heavy atom. The summed E-state index contributed by atoms with van der Waals surface area (Å²) in [5.74, 6) is -0.264. The molecule has 3 rings (SSSR count). The first kappa shape index (κ1) is 19.1. The Bertz CT molecular complexity index is 830. The molecule has 2 aromatic carbocycles. The van der Waals surface area contributed by atoms with Gasteiger partial charge in [-0.15, -0.1) is 11.8 Å². The maximum atomic E-state index is 13.2. The van der Waals surface area contributed by atoms with E-state index in [2.05, 4.69) is 0 Å². The average Bonchev–Trinajstić information content (AvgIpc) is 3.07. The number of rotatable bonds is 4. The van der Waals surface area contributed by atoms with Crippen molar-refractivity contribution in [3.63, 3.8) is 0 Å². The van der Waals surface area contributed by atoms with Crippen LogP contribution in [0.4, 0.5) is 0 Å². The van der Waals surface area contributed by atoms with E-state index in [9.17, 15) is 9.59 Å². The number of thioether (sulfide) groups is 1. The van der Waals surface area contributed by atoms with E-state index >= 15 is 0 Å². The second-order valence-electron chi connectivity index (χ2n) is 5.70. The summed E-state index contributed by atoms with van der Waals surface area (Å²) in [6.45, 7) is 2.00. The van der Waals surface area contributed by atoms with Gasteiger partial charge in [-0.3, -0.25) is 4.79 Å².